The molecule has 0 bridgehead atoms. The standard InChI is InChI=1S/C22H36OSi/c1-5-6-17-22(23,19(2)18-20-13-9-7-10-14-20)24(3,4)21-15-11-8-12-16-21/h8,11-12,15-16,18,20,23H,5-7,9-10,13-14,17H2,1-4H3/b19-18+/t22-/m0/s1. The van der Waals surface area contributed by atoms with Crippen LogP contribution in [0.3, 0.4) is 0 Å². The average Bonchev–Trinajstić information content (AvgIpc) is 2.61. The Morgan fingerprint density at radius 2 is 1.79 bits per heavy atom. The van der Waals surface area contributed by atoms with E-state index in [0.717, 1.165) is 19.3 Å². The second-order valence-electron chi connectivity index (χ2n) is 8.20. The van der Waals surface area contributed by atoms with Crippen molar-refractivity contribution in [3.8, 4) is 0 Å². The second kappa shape index (κ2) is 8.49. The third kappa shape index (κ3) is 4.21. The molecular formula is C22H36OSi. The summed E-state index contributed by atoms with van der Waals surface area (Å²) in [4.78, 5) is 0. The highest BCUT2D eigenvalue weighted by Crippen LogP contribution is 2.36. The topological polar surface area (TPSA) is 20.2 Å². The van der Waals surface area contributed by atoms with Gasteiger partial charge in [-0.25, -0.2) is 0 Å². The number of hydrogen-bond acceptors (Lipinski definition) is 1. The first-order valence-corrected chi connectivity index (χ1v) is 12.9. The lowest BCUT2D eigenvalue weighted by molar-refractivity contribution is 0.140. The van der Waals surface area contributed by atoms with Gasteiger partial charge in [0, 0.05) is 0 Å². The summed E-state index contributed by atoms with van der Waals surface area (Å²) < 4.78 is 0. The average molecular weight is 345 g/mol. The fourth-order valence-corrected chi connectivity index (χ4v) is 7.70. The summed E-state index contributed by atoms with van der Waals surface area (Å²) >= 11 is 0. The summed E-state index contributed by atoms with van der Waals surface area (Å²) in [5.74, 6) is 0.674. The van der Waals surface area contributed by atoms with Crippen LogP contribution in [0.4, 0.5) is 0 Å². The van der Waals surface area contributed by atoms with E-state index in [1.54, 1.807) is 0 Å². The first-order chi connectivity index (χ1) is 11.4. The minimum absolute atomic E-state index is 0.637. The number of aliphatic hydroxyl groups is 1. The van der Waals surface area contributed by atoms with E-state index >= 15 is 0 Å². The molecule has 0 aromatic heterocycles. The Bertz CT molecular complexity index is 528. The molecule has 24 heavy (non-hydrogen) atoms. The number of unbranched alkanes of at least 4 members (excludes halogenated alkanes) is 1. The molecule has 1 aliphatic rings. The van der Waals surface area contributed by atoms with Crippen LogP contribution in [0.5, 0.6) is 0 Å². The van der Waals surface area contributed by atoms with Gasteiger partial charge in [0.15, 0.2) is 0 Å². The maximum Gasteiger partial charge on any atom is 0.122 e. The molecule has 2 rings (SSSR count). The summed E-state index contributed by atoms with van der Waals surface area (Å²) in [7, 11) is -2.03. The smallest absolute Gasteiger partial charge is 0.122 e. The van der Waals surface area contributed by atoms with Crippen LogP contribution in [0.2, 0.25) is 13.1 Å². The fourth-order valence-electron chi connectivity index (χ4n) is 4.32. The molecule has 1 saturated carbocycles. The molecule has 0 heterocycles. The SMILES string of the molecule is CCCC[C@@](O)(/C(C)=C/C1CCCCC1)[Si](C)(C)c1ccccc1. The Morgan fingerprint density at radius 3 is 2.38 bits per heavy atom. The summed E-state index contributed by atoms with van der Waals surface area (Å²) in [6, 6.07) is 10.7. The molecule has 2 heteroatoms. The van der Waals surface area contributed by atoms with E-state index in [1.165, 1.54) is 42.9 Å². The van der Waals surface area contributed by atoms with E-state index in [-0.39, 0.29) is 0 Å². The molecule has 1 nitrogen and oxygen atoms in total. The molecule has 134 valence electrons. The maximum absolute atomic E-state index is 11.9. The summed E-state index contributed by atoms with van der Waals surface area (Å²) in [6.45, 7) is 9.10. The molecule has 0 radical (unpaired) electrons. The van der Waals surface area contributed by atoms with Crippen molar-refractivity contribution >= 4 is 13.3 Å². The molecule has 1 atom stereocenters. The molecule has 1 aliphatic carbocycles. The monoisotopic (exact) mass is 344 g/mol. The zero-order valence-electron chi connectivity index (χ0n) is 16.1. The zero-order chi connectivity index (χ0) is 17.6. The third-order valence-corrected chi connectivity index (χ3v) is 10.7. The first kappa shape index (κ1) is 19.5. The lowest BCUT2D eigenvalue weighted by Gasteiger charge is -2.43. The van der Waals surface area contributed by atoms with Gasteiger partial charge in [0.1, 0.15) is 8.07 Å². The molecule has 0 amide bonds. The van der Waals surface area contributed by atoms with Crippen molar-refractivity contribution in [3.05, 3.63) is 42.0 Å². The van der Waals surface area contributed by atoms with Gasteiger partial charge in [0.05, 0.1) is 5.22 Å². The van der Waals surface area contributed by atoms with Crippen LogP contribution in [0, 0.1) is 5.92 Å². The van der Waals surface area contributed by atoms with Gasteiger partial charge >= 0.3 is 0 Å². The number of allylic oxidation sites excluding steroid dienone is 1. The number of hydrogen-bond donors (Lipinski definition) is 1. The van der Waals surface area contributed by atoms with Gasteiger partial charge in [-0.15, -0.1) is 0 Å². The Balaban J connectivity index is 2.35. The molecule has 0 unspecified atom stereocenters. The van der Waals surface area contributed by atoms with Crippen LogP contribution in [0.25, 0.3) is 0 Å². The normalized spacial score (nSPS) is 20.0. The Labute approximate surface area is 150 Å². The van der Waals surface area contributed by atoms with Crippen LogP contribution >= 0.6 is 0 Å². The highest BCUT2D eigenvalue weighted by atomic mass is 28.3. The molecule has 1 aromatic rings. The number of rotatable bonds is 7. The van der Waals surface area contributed by atoms with Crippen molar-refractivity contribution in [1.82, 2.24) is 0 Å². The zero-order valence-corrected chi connectivity index (χ0v) is 17.1. The van der Waals surface area contributed by atoms with Gasteiger partial charge in [-0.1, -0.05) is 93.7 Å². The van der Waals surface area contributed by atoms with Crippen LogP contribution in [-0.4, -0.2) is 18.4 Å². The minimum Gasteiger partial charge on any atom is -0.389 e. The van der Waals surface area contributed by atoms with Crippen LogP contribution in [-0.2, 0) is 0 Å². The van der Waals surface area contributed by atoms with Gasteiger partial charge in [0.2, 0.25) is 0 Å². The third-order valence-electron chi connectivity index (χ3n) is 6.21. The summed E-state index contributed by atoms with van der Waals surface area (Å²) in [5, 5.41) is 12.6. The molecular weight excluding hydrogens is 308 g/mol. The predicted octanol–water partition coefficient (Wildman–Crippen LogP) is 5.59. The van der Waals surface area contributed by atoms with Gasteiger partial charge in [-0.05, 0) is 37.7 Å². The van der Waals surface area contributed by atoms with Crippen molar-refractivity contribution in [2.24, 2.45) is 5.92 Å². The minimum atomic E-state index is -2.03. The lowest BCUT2D eigenvalue weighted by Crippen LogP contribution is -2.63. The summed E-state index contributed by atoms with van der Waals surface area (Å²) in [5.41, 5.74) is 1.24. The predicted molar refractivity (Wildman–Crippen MR) is 108 cm³/mol. The fraction of sp³-hybridized carbons (Fsp3) is 0.636. The number of benzene rings is 1. The molecule has 0 saturated heterocycles. The molecule has 0 spiro atoms. The molecule has 1 fully saturated rings. The van der Waals surface area contributed by atoms with E-state index in [2.05, 4.69) is 63.3 Å². The second-order valence-corrected chi connectivity index (χ2v) is 12.9. The highest BCUT2D eigenvalue weighted by Gasteiger charge is 2.47. The Hall–Kier alpha value is -0.863. The van der Waals surface area contributed by atoms with Crippen molar-refractivity contribution in [3.63, 3.8) is 0 Å². The van der Waals surface area contributed by atoms with Crippen molar-refractivity contribution < 1.29 is 5.11 Å². The van der Waals surface area contributed by atoms with Gasteiger partial charge in [-0.2, -0.15) is 0 Å². The molecule has 0 aliphatic heterocycles. The van der Waals surface area contributed by atoms with Crippen molar-refractivity contribution in [2.45, 2.75) is 83.5 Å². The first-order valence-electron chi connectivity index (χ1n) is 9.88. The van der Waals surface area contributed by atoms with Crippen LogP contribution < -0.4 is 5.19 Å². The quantitative estimate of drug-likeness (QED) is 0.505. The van der Waals surface area contributed by atoms with E-state index in [4.69, 9.17) is 0 Å². The maximum atomic E-state index is 11.9. The van der Waals surface area contributed by atoms with E-state index < -0.39 is 13.3 Å². The van der Waals surface area contributed by atoms with E-state index in [1.807, 2.05) is 0 Å². The van der Waals surface area contributed by atoms with Gasteiger partial charge in [0.25, 0.3) is 0 Å². The van der Waals surface area contributed by atoms with Gasteiger partial charge in [-0.3, -0.25) is 0 Å². The van der Waals surface area contributed by atoms with Crippen LogP contribution in [0.15, 0.2) is 42.0 Å². The largest absolute Gasteiger partial charge is 0.389 e. The van der Waals surface area contributed by atoms with Crippen LogP contribution in [0.1, 0.15) is 65.2 Å². The lowest BCUT2D eigenvalue weighted by atomic mass is 9.87. The van der Waals surface area contributed by atoms with Crippen molar-refractivity contribution in [1.29, 1.82) is 0 Å². The van der Waals surface area contributed by atoms with Crippen molar-refractivity contribution in [2.75, 3.05) is 0 Å². The van der Waals surface area contributed by atoms with E-state index in [0.29, 0.717) is 5.92 Å². The Kier molecular flexibility index (Phi) is 6.88. The highest BCUT2D eigenvalue weighted by molar-refractivity contribution is 6.92. The Morgan fingerprint density at radius 1 is 1.17 bits per heavy atom. The molecule has 1 N–H and O–H groups in total. The van der Waals surface area contributed by atoms with E-state index in [9.17, 15) is 5.11 Å². The summed E-state index contributed by atoms with van der Waals surface area (Å²) in [6.07, 6.45) is 12.2. The molecule has 1 aromatic carbocycles. The van der Waals surface area contributed by atoms with Gasteiger partial charge < -0.3 is 5.11 Å².